The largest absolute Gasteiger partial charge is 0.478 e. The summed E-state index contributed by atoms with van der Waals surface area (Å²) in [5.74, 6) is -0.924. The van der Waals surface area contributed by atoms with Crippen LogP contribution in [0.1, 0.15) is 15.9 Å². The fourth-order valence-corrected chi connectivity index (χ4v) is 3.43. The molecule has 1 fully saturated rings. The van der Waals surface area contributed by atoms with Gasteiger partial charge in [-0.1, -0.05) is 24.3 Å². The average molecular weight is 391 g/mol. The molecule has 1 aliphatic heterocycles. The first-order valence-electron chi connectivity index (χ1n) is 9.42. The number of carbonyl (C=O) groups excluding carboxylic acids is 1. The number of hydrogen-bond acceptors (Lipinski definition) is 4. The smallest absolute Gasteiger partial charge is 0.335 e. The number of amides is 1. The Bertz CT molecular complexity index is 1080. The van der Waals surface area contributed by atoms with Crippen LogP contribution in [0.2, 0.25) is 0 Å². The summed E-state index contributed by atoms with van der Waals surface area (Å²) in [5, 5.41) is 10.1. The lowest BCUT2D eigenvalue weighted by Gasteiger charge is -2.27. The molecule has 4 rings (SSSR count). The van der Waals surface area contributed by atoms with Crippen LogP contribution in [0.3, 0.4) is 0 Å². The van der Waals surface area contributed by atoms with Crippen LogP contribution < -0.4 is 0 Å². The molecule has 29 heavy (non-hydrogen) atoms. The second-order valence-electron chi connectivity index (χ2n) is 6.84. The van der Waals surface area contributed by atoms with Gasteiger partial charge >= 0.3 is 5.97 Å². The van der Waals surface area contributed by atoms with Crippen molar-refractivity contribution in [3.8, 4) is 0 Å². The minimum atomic E-state index is -0.986. The van der Waals surface area contributed by atoms with Crippen molar-refractivity contribution in [2.24, 2.45) is 4.99 Å². The van der Waals surface area contributed by atoms with Crippen molar-refractivity contribution in [2.45, 2.75) is 6.54 Å². The predicted molar refractivity (Wildman–Crippen MR) is 110 cm³/mol. The topological polar surface area (TPSA) is 84.1 Å². The highest BCUT2D eigenvalue weighted by atomic mass is 16.5. The van der Waals surface area contributed by atoms with Gasteiger partial charge in [-0.25, -0.2) is 4.79 Å². The van der Waals surface area contributed by atoms with Crippen LogP contribution in [0.4, 0.5) is 5.69 Å². The van der Waals surface area contributed by atoms with E-state index in [0.717, 1.165) is 16.5 Å². The average Bonchev–Trinajstić information content (AvgIpc) is 3.10. The summed E-state index contributed by atoms with van der Waals surface area (Å²) in [7, 11) is 0. The highest BCUT2D eigenvalue weighted by Gasteiger charge is 2.18. The number of aromatic carboxylic acids is 1. The number of nitrogens with zero attached hydrogens (tertiary/aromatic N) is 3. The first kappa shape index (κ1) is 18.9. The number of rotatable bonds is 5. The fraction of sp³-hybridized carbons (Fsp3) is 0.227. The fourth-order valence-electron chi connectivity index (χ4n) is 3.43. The lowest BCUT2D eigenvalue weighted by atomic mass is 10.2. The van der Waals surface area contributed by atoms with Gasteiger partial charge in [0.1, 0.15) is 6.54 Å². The maximum atomic E-state index is 12.7. The van der Waals surface area contributed by atoms with Crippen LogP contribution in [0.25, 0.3) is 10.9 Å². The van der Waals surface area contributed by atoms with Gasteiger partial charge in [-0.05, 0) is 24.3 Å². The van der Waals surface area contributed by atoms with Crippen molar-refractivity contribution in [2.75, 3.05) is 26.3 Å². The molecule has 2 aromatic carbocycles. The molecule has 0 unspecified atom stereocenters. The van der Waals surface area contributed by atoms with E-state index in [1.54, 1.807) is 18.3 Å². The molecule has 0 atom stereocenters. The molecule has 0 bridgehead atoms. The van der Waals surface area contributed by atoms with Gasteiger partial charge in [0.15, 0.2) is 0 Å². The van der Waals surface area contributed by atoms with Gasteiger partial charge in [-0.2, -0.15) is 0 Å². The Morgan fingerprint density at radius 3 is 2.69 bits per heavy atom. The number of fused-ring (bicyclic) bond motifs is 1. The van der Waals surface area contributed by atoms with Crippen LogP contribution in [0.15, 0.2) is 59.7 Å². The molecule has 1 saturated heterocycles. The highest BCUT2D eigenvalue weighted by molar-refractivity contribution is 6.00. The van der Waals surface area contributed by atoms with E-state index in [2.05, 4.69) is 4.99 Å². The third-order valence-corrected chi connectivity index (χ3v) is 4.93. The Hall–Kier alpha value is -3.45. The summed E-state index contributed by atoms with van der Waals surface area (Å²) < 4.78 is 7.25. The number of carboxylic acid groups (broad SMARTS) is 1. The SMILES string of the molecule is O=C(O)c1cccc(N=Cc2cn(CC(=O)N3CCOCC3)c3ccccc23)c1. The Morgan fingerprint density at radius 1 is 1.10 bits per heavy atom. The number of para-hydroxylation sites is 1. The van der Waals surface area contributed by atoms with E-state index in [4.69, 9.17) is 9.84 Å². The predicted octanol–water partition coefficient (Wildman–Crippen LogP) is 2.95. The second kappa shape index (κ2) is 8.28. The third kappa shape index (κ3) is 4.20. The summed E-state index contributed by atoms with van der Waals surface area (Å²) in [6, 6.07) is 14.3. The van der Waals surface area contributed by atoms with E-state index in [1.807, 2.05) is 39.9 Å². The minimum Gasteiger partial charge on any atom is -0.478 e. The second-order valence-corrected chi connectivity index (χ2v) is 6.84. The van der Waals surface area contributed by atoms with Gasteiger partial charge in [0.25, 0.3) is 0 Å². The van der Waals surface area contributed by atoms with E-state index < -0.39 is 5.97 Å². The summed E-state index contributed by atoms with van der Waals surface area (Å²) in [5.41, 5.74) is 2.58. The van der Waals surface area contributed by atoms with Crippen molar-refractivity contribution in [3.05, 3.63) is 65.9 Å². The van der Waals surface area contributed by atoms with E-state index in [-0.39, 0.29) is 18.0 Å². The van der Waals surface area contributed by atoms with Gasteiger partial charge in [0.2, 0.25) is 5.91 Å². The van der Waals surface area contributed by atoms with Gasteiger partial charge < -0.3 is 19.3 Å². The lowest BCUT2D eigenvalue weighted by Crippen LogP contribution is -2.42. The Labute approximate surface area is 167 Å². The van der Waals surface area contributed by atoms with Crippen LogP contribution in [-0.4, -0.2) is 59.0 Å². The zero-order chi connectivity index (χ0) is 20.2. The molecule has 2 heterocycles. The monoisotopic (exact) mass is 391 g/mol. The lowest BCUT2D eigenvalue weighted by molar-refractivity contribution is -0.135. The first-order valence-corrected chi connectivity index (χ1v) is 9.42. The summed E-state index contributed by atoms with van der Waals surface area (Å²) >= 11 is 0. The number of aliphatic imine (C=N–C) groups is 1. The standard InChI is InChI=1S/C22H21N3O4/c26-21(24-8-10-29-11-9-24)15-25-14-17(19-6-1-2-7-20(19)25)13-23-18-5-3-4-16(12-18)22(27)28/h1-7,12-14H,8-11,15H2,(H,27,28). The maximum absolute atomic E-state index is 12.7. The Morgan fingerprint density at radius 2 is 1.90 bits per heavy atom. The van der Waals surface area contributed by atoms with Crippen molar-refractivity contribution >= 4 is 34.7 Å². The van der Waals surface area contributed by atoms with Crippen LogP contribution >= 0.6 is 0 Å². The molecule has 1 aromatic heterocycles. The van der Waals surface area contributed by atoms with Crippen molar-refractivity contribution in [1.29, 1.82) is 0 Å². The molecule has 0 spiro atoms. The van der Waals surface area contributed by atoms with Crippen molar-refractivity contribution in [3.63, 3.8) is 0 Å². The Balaban J connectivity index is 1.61. The molecule has 1 amide bonds. The molecule has 0 radical (unpaired) electrons. The number of ether oxygens (including phenoxy) is 1. The number of benzene rings is 2. The number of carboxylic acids is 1. The van der Waals surface area contributed by atoms with E-state index in [0.29, 0.717) is 32.0 Å². The molecule has 3 aromatic rings. The van der Waals surface area contributed by atoms with E-state index in [1.165, 1.54) is 12.1 Å². The third-order valence-electron chi connectivity index (χ3n) is 4.93. The molecule has 1 aliphatic rings. The molecule has 1 N–H and O–H groups in total. The zero-order valence-corrected chi connectivity index (χ0v) is 15.8. The molecule has 0 aliphatic carbocycles. The number of carbonyl (C=O) groups is 2. The van der Waals surface area contributed by atoms with Crippen molar-refractivity contribution in [1.82, 2.24) is 9.47 Å². The van der Waals surface area contributed by atoms with Gasteiger partial charge in [0, 0.05) is 42.0 Å². The summed E-state index contributed by atoms with van der Waals surface area (Å²) in [4.78, 5) is 30.1. The van der Waals surface area contributed by atoms with Crippen LogP contribution in [0.5, 0.6) is 0 Å². The Kier molecular flexibility index (Phi) is 5.39. The van der Waals surface area contributed by atoms with Gasteiger partial charge in [-0.15, -0.1) is 0 Å². The summed E-state index contributed by atoms with van der Waals surface area (Å²) in [6.07, 6.45) is 3.62. The number of morpholine rings is 1. The summed E-state index contributed by atoms with van der Waals surface area (Å²) in [6.45, 7) is 2.64. The zero-order valence-electron chi connectivity index (χ0n) is 15.8. The number of aromatic nitrogens is 1. The van der Waals surface area contributed by atoms with Crippen LogP contribution in [-0.2, 0) is 16.1 Å². The van der Waals surface area contributed by atoms with Crippen molar-refractivity contribution < 1.29 is 19.4 Å². The van der Waals surface area contributed by atoms with Gasteiger partial charge in [-0.3, -0.25) is 9.79 Å². The minimum absolute atomic E-state index is 0.0618. The van der Waals surface area contributed by atoms with E-state index in [9.17, 15) is 9.59 Å². The molecule has 0 saturated carbocycles. The molecule has 7 nitrogen and oxygen atoms in total. The molecule has 148 valence electrons. The van der Waals surface area contributed by atoms with E-state index >= 15 is 0 Å². The molecular weight excluding hydrogens is 370 g/mol. The number of hydrogen-bond donors (Lipinski definition) is 1. The normalized spacial score (nSPS) is 14.6. The highest BCUT2D eigenvalue weighted by Crippen LogP contribution is 2.22. The maximum Gasteiger partial charge on any atom is 0.335 e. The molecule has 7 heteroatoms. The molecular formula is C22H21N3O4. The first-order chi connectivity index (χ1) is 14.1. The van der Waals surface area contributed by atoms with Crippen LogP contribution in [0, 0.1) is 0 Å². The van der Waals surface area contributed by atoms with Gasteiger partial charge in [0.05, 0.1) is 24.5 Å². The quantitative estimate of drug-likeness (QED) is 0.678.